The predicted octanol–water partition coefficient (Wildman–Crippen LogP) is 1.96. The van der Waals surface area contributed by atoms with Crippen LogP contribution in [0.1, 0.15) is 19.8 Å². The monoisotopic (exact) mass is 274 g/mol. The molecule has 0 radical (unpaired) electrons. The van der Waals surface area contributed by atoms with E-state index in [0.29, 0.717) is 13.0 Å². The number of benzene rings is 1. The minimum absolute atomic E-state index is 0.0280. The molecule has 0 aliphatic rings. The number of halogens is 1. The largest absolute Gasteiger partial charge is 0.317 e. The van der Waals surface area contributed by atoms with Gasteiger partial charge >= 0.3 is 0 Å². The highest BCUT2D eigenvalue weighted by Gasteiger charge is 2.10. The fourth-order valence-corrected chi connectivity index (χ4v) is 2.58. The topological polar surface area (TPSA) is 58.2 Å². The van der Waals surface area contributed by atoms with Crippen LogP contribution in [0.2, 0.25) is 0 Å². The molecule has 4 nitrogen and oxygen atoms in total. The Morgan fingerprint density at radius 2 is 2.06 bits per heavy atom. The third kappa shape index (κ3) is 5.97. The maximum atomic E-state index is 12.9. The number of nitrogens with one attached hydrogen (secondary N) is 2. The highest BCUT2D eigenvalue weighted by atomic mass is 32.2. The summed E-state index contributed by atoms with van der Waals surface area (Å²) in [6, 6.07) is 5.42. The number of anilines is 1. The van der Waals surface area contributed by atoms with Crippen LogP contribution in [-0.2, 0) is 10.0 Å². The van der Waals surface area contributed by atoms with Crippen molar-refractivity contribution in [1.82, 2.24) is 5.32 Å². The molecular formula is C12H19FN2O2S. The van der Waals surface area contributed by atoms with Crippen LogP contribution in [-0.4, -0.2) is 27.3 Å². The molecule has 102 valence electrons. The third-order valence-corrected chi connectivity index (χ3v) is 3.66. The normalized spacial score (nSPS) is 11.4. The zero-order chi connectivity index (χ0) is 13.4. The maximum Gasteiger partial charge on any atom is 0.232 e. The molecule has 0 unspecified atom stereocenters. The Bertz CT molecular complexity index is 463. The molecule has 6 heteroatoms. The smallest absolute Gasteiger partial charge is 0.232 e. The SMILES string of the molecule is CCCNCCCS(=O)(=O)Nc1cccc(F)c1. The Hall–Kier alpha value is -1.14. The average Bonchev–Trinajstić information content (AvgIpc) is 2.28. The van der Waals surface area contributed by atoms with Crippen molar-refractivity contribution in [2.75, 3.05) is 23.6 Å². The van der Waals surface area contributed by atoms with Gasteiger partial charge in [0.2, 0.25) is 10.0 Å². The van der Waals surface area contributed by atoms with E-state index in [9.17, 15) is 12.8 Å². The third-order valence-electron chi connectivity index (χ3n) is 2.29. The highest BCUT2D eigenvalue weighted by Crippen LogP contribution is 2.11. The molecule has 0 bridgehead atoms. The van der Waals surface area contributed by atoms with Crippen molar-refractivity contribution in [2.45, 2.75) is 19.8 Å². The Morgan fingerprint density at radius 1 is 1.28 bits per heavy atom. The van der Waals surface area contributed by atoms with Gasteiger partial charge in [-0.05, 0) is 44.1 Å². The lowest BCUT2D eigenvalue weighted by Crippen LogP contribution is -2.22. The van der Waals surface area contributed by atoms with Gasteiger partial charge in [0.1, 0.15) is 5.82 Å². The lowest BCUT2D eigenvalue weighted by molar-refractivity contribution is 0.593. The van der Waals surface area contributed by atoms with E-state index in [4.69, 9.17) is 0 Å². The molecule has 1 aromatic carbocycles. The van der Waals surface area contributed by atoms with E-state index in [0.717, 1.165) is 19.0 Å². The molecule has 0 aliphatic carbocycles. The summed E-state index contributed by atoms with van der Waals surface area (Å²) in [7, 11) is -3.40. The Balaban J connectivity index is 2.40. The Kier molecular flexibility index (Phi) is 6.07. The van der Waals surface area contributed by atoms with Gasteiger partial charge in [-0.2, -0.15) is 0 Å². The predicted molar refractivity (Wildman–Crippen MR) is 71.6 cm³/mol. The Morgan fingerprint density at radius 3 is 2.72 bits per heavy atom. The second kappa shape index (κ2) is 7.33. The molecule has 0 fully saturated rings. The van der Waals surface area contributed by atoms with E-state index in [2.05, 4.69) is 17.0 Å². The average molecular weight is 274 g/mol. The van der Waals surface area contributed by atoms with E-state index >= 15 is 0 Å². The molecule has 0 heterocycles. The lowest BCUT2D eigenvalue weighted by Gasteiger charge is -2.08. The number of sulfonamides is 1. The summed E-state index contributed by atoms with van der Waals surface area (Å²) >= 11 is 0. The van der Waals surface area contributed by atoms with Gasteiger partial charge in [0, 0.05) is 0 Å². The van der Waals surface area contributed by atoms with Crippen molar-refractivity contribution in [3.63, 3.8) is 0 Å². The van der Waals surface area contributed by atoms with E-state index in [1.807, 2.05) is 0 Å². The number of hydrogen-bond acceptors (Lipinski definition) is 3. The summed E-state index contributed by atoms with van der Waals surface area (Å²) in [5.41, 5.74) is 0.261. The molecule has 0 atom stereocenters. The second-order valence-electron chi connectivity index (χ2n) is 4.03. The molecule has 0 amide bonds. The minimum atomic E-state index is -3.40. The standard InChI is InChI=1S/C12H19FN2O2S/c1-2-7-14-8-4-9-18(16,17)15-12-6-3-5-11(13)10-12/h3,5-6,10,14-15H,2,4,7-9H2,1H3. The van der Waals surface area contributed by atoms with Crippen LogP contribution in [0.25, 0.3) is 0 Å². The van der Waals surface area contributed by atoms with Crippen LogP contribution >= 0.6 is 0 Å². The van der Waals surface area contributed by atoms with Gasteiger partial charge in [0.15, 0.2) is 0 Å². The summed E-state index contributed by atoms with van der Waals surface area (Å²) in [5.74, 6) is -0.431. The van der Waals surface area contributed by atoms with Gasteiger partial charge in [0.05, 0.1) is 11.4 Å². The van der Waals surface area contributed by atoms with Gasteiger partial charge < -0.3 is 5.32 Å². The molecule has 0 spiro atoms. The summed E-state index contributed by atoms with van der Waals surface area (Å²) in [6.45, 7) is 3.60. The zero-order valence-electron chi connectivity index (χ0n) is 10.4. The summed E-state index contributed by atoms with van der Waals surface area (Å²) in [6.07, 6.45) is 1.55. The van der Waals surface area contributed by atoms with Crippen LogP contribution < -0.4 is 10.0 Å². The first-order valence-electron chi connectivity index (χ1n) is 6.00. The second-order valence-corrected chi connectivity index (χ2v) is 5.88. The van der Waals surface area contributed by atoms with Crippen LogP contribution in [0.5, 0.6) is 0 Å². The molecule has 1 rings (SSSR count). The van der Waals surface area contributed by atoms with Crippen molar-refractivity contribution in [3.05, 3.63) is 30.1 Å². The quantitative estimate of drug-likeness (QED) is 0.712. The molecule has 0 aliphatic heterocycles. The molecular weight excluding hydrogens is 255 g/mol. The molecule has 0 saturated heterocycles. The Labute approximate surface area is 108 Å². The van der Waals surface area contributed by atoms with E-state index < -0.39 is 15.8 Å². The number of hydrogen-bond donors (Lipinski definition) is 2. The van der Waals surface area contributed by atoms with Crippen molar-refractivity contribution in [2.24, 2.45) is 0 Å². The first kappa shape index (κ1) is 14.9. The highest BCUT2D eigenvalue weighted by molar-refractivity contribution is 7.92. The van der Waals surface area contributed by atoms with E-state index in [1.165, 1.54) is 18.2 Å². The summed E-state index contributed by atoms with van der Waals surface area (Å²) in [5, 5.41) is 3.13. The first-order chi connectivity index (χ1) is 8.53. The van der Waals surface area contributed by atoms with Crippen LogP contribution in [0.15, 0.2) is 24.3 Å². The van der Waals surface area contributed by atoms with Crippen LogP contribution in [0.3, 0.4) is 0 Å². The first-order valence-corrected chi connectivity index (χ1v) is 7.65. The van der Waals surface area contributed by atoms with Gasteiger partial charge in [-0.1, -0.05) is 13.0 Å². The fourth-order valence-electron chi connectivity index (χ4n) is 1.47. The van der Waals surface area contributed by atoms with Crippen LogP contribution in [0.4, 0.5) is 10.1 Å². The van der Waals surface area contributed by atoms with Crippen molar-refractivity contribution < 1.29 is 12.8 Å². The van der Waals surface area contributed by atoms with Crippen molar-refractivity contribution in [1.29, 1.82) is 0 Å². The summed E-state index contributed by atoms with van der Waals surface area (Å²) < 4.78 is 38.6. The van der Waals surface area contributed by atoms with Gasteiger partial charge in [0.25, 0.3) is 0 Å². The van der Waals surface area contributed by atoms with Gasteiger partial charge in [-0.3, -0.25) is 4.72 Å². The van der Waals surface area contributed by atoms with Gasteiger partial charge in [-0.15, -0.1) is 0 Å². The number of rotatable bonds is 8. The summed E-state index contributed by atoms with van der Waals surface area (Å²) in [4.78, 5) is 0. The lowest BCUT2D eigenvalue weighted by atomic mass is 10.3. The molecule has 1 aromatic rings. The van der Waals surface area contributed by atoms with Crippen molar-refractivity contribution >= 4 is 15.7 Å². The van der Waals surface area contributed by atoms with Crippen LogP contribution in [0, 0.1) is 5.82 Å². The zero-order valence-corrected chi connectivity index (χ0v) is 11.3. The molecule has 18 heavy (non-hydrogen) atoms. The fraction of sp³-hybridized carbons (Fsp3) is 0.500. The minimum Gasteiger partial charge on any atom is -0.317 e. The molecule has 0 aromatic heterocycles. The molecule has 2 N–H and O–H groups in total. The van der Waals surface area contributed by atoms with E-state index in [-0.39, 0.29) is 11.4 Å². The van der Waals surface area contributed by atoms with Crippen molar-refractivity contribution in [3.8, 4) is 0 Å². The van der Waals surface area contributed by atoms with Gasteiger partial charge in [-0.25, -0.2) is 12.8 Å². The molecule has 0 saturated carbocycles. The van der Waals surface area contributed by atoms with E-state index in [1.54, 1.807) is 0 Å². The maximum absolute atomic E-state index is 12.9.